The first-order valence-corrected chi connectivity index (χ1v) is 4.42. The van der Waals surface area contributed by atoms with Crippen LogP contribution in [0.1, 0.15) is 21.1 Å². The zero-order chi connectivity index (χ0) is 11.7. The molecule has 2 amide bonds. The van der Waals surface area contributed by atoms with Gasteiger partial charge < -0.3 is 21.4 Å². The minimum atomic E-state index is -0.746. The molecule has 2 rings (SSSR count). The summed E-state index contributed by atoms with van der Waals surface area (Å²) in [5.74, 6) is -1.54. The highest BCUT2D eigenvalue weighted by molar-refractivity contribution is 5.99. The largest absolute Gasteiger partial charge is 0.367 e. The Balaban J connectivity index is 2.59. The highest BCUT2D eigenvalue weighted by Gasteiger charge is 2.18. The van der Waals surface area contributed by atoms with E-state index < -0.39 is 11.8 Å². The second-order valence-corrected chi connectivity index (χ2v) is 3.14. The number of nitrogens with two attached hydrogens (primary N) is 2. The first-order chi connectivity index (χ1) is 7.59. The summed E-state index contributed by atoms with van der Waals surface area (Å²) in [6.07, 6.45) is 3.30. The lowest BCUT2D eigenvalue weighted by Gasteiger charge is -1.93. The smallest absolute Gasteiger partial charge is 0.284 e. The number of aromatic nitrogens is 3. The summed E-state index contributed by atoms with van der Waals surface area (Å²) >= 11 is 0. The molecule has 82 valence electrons. The molecule has 0 aliphatic rings. The maximum absolute atomic E-state index is 11.1. The minimum Gasteiger partial charge on any atom is -0.367 e. The second-order valence-electron chi connectivity index (χ2n) is 3.14. The normalized spacial score (nSPS) is 10.2. The molecule has 16 heavy (non-hydrogen) atoms. The van der Waals surface area contributed by atoms with Crippen LogP contribution in [0.3, 0.4) is 0 Å². The summed E-state index contributed by atoms with van der Waals surface area (Å²) in [6, 6.07) is 1.70. The minimum absolute atomic E-state index is 0.0633. The van der Waals surface area contributed by atoms with Gasteiger partial charge in [0.1, 0.15) is 11.4 Å². The lowest BCUT2D eigenvalue weighted by Crippen LogP contribution is -2.15. The zero-order valence-electron chi connectivity index (χ0n) is 8.15. The molecule has 6 N–H and O–H groups in total. The summed E-state index contributed by atoms with van der Waals surface area (Å²) in [7, 11) is 0. The molecule has 0 aliphatic heterocycles. The molecule has 0 atom stereocenters. The van der Waals surface area contributed by atoms with Gasteiger partial charge in [0.2, 0.25) is 0 Å². The Morgan fingerprint density at radius 1 is 1.25 bits per heavy atom. The molecule has 0 aliphatic carbocycles. The van der Waals surface area contributed by atoms with Gasteiger partial charge in [-0.25, -0.2) is 4.98 Å². The van der Waals surface area contributed by atoms with Crippen molar-refractivity contribution in [2.24, 2.45) is 11.5 Å². The van der Waals surface area contributed by atoms with E-state index in [9.17, 15) is 9.59 Å². The fourth-order valence-electron chi connectivity index (χ4n) is 1.35. The molecule has 7 heteroatoms. The number of hydrogen-bond donors (Lipinski definition) is 4. The van der Waals surface area contributed by atoms with Crippen molar-refractivity contribution in [1.29, 1.82) is 0 Å². The van der Waals surface area contributed by atoms with Crippen molar-refractivity contribution >= 4 is 11.8 Å². The Hall–Kier alpha value is -2.57. The van der Waals surface area contributed by atoms with E-state index in [-0.39, 0.29) is 11.5 Å². The van der Waals surface area contributed by atoms with Gasteiger partial charge in [-0.05, 0) is 6.07 Å². The monoisotopic (exact) mass is 219 g/mol. The predicted molar refractivity (Wildman–Crippen MR) is 55.4 cm³/mol. The molecule has 0 radical (unpaired) electrons. The number of aromatic amines is 2. The summed E-state index contributed by atoms with van der Waals surface area (Å²) in [4.78, 5) is 31.3. The average molecular weight is 219 g/mol. The lowest BCUT2D eigenvalue weighted by molar-refractivity contribution is 0.0991. The molecule has 2 aromatic rings. The molecule has 0 spiro atoms. The van der Waals surface area contributed by atoms with E-state index in [2.05, 4.69) is 15.0 Å². The maximum atomic E-state index is 11.1. The van der Waals surface area contributed by atoms with Crippen molar-refractivity contribution in [3.8, 4) is 11.3 Å². The number of rotatable bonds is 3. The van der Waals surface area contributed by atoms with E-state index in [1.165, 1.54) is 0 Å². The van der Waals surface area contributed by atoms with E-state index >= 15 is 0 Å². The van der Waals surface area contributed by atoms with E-state index in [4.69, 9.17) is 11.5 Å². The van der Waals surface area contributed by atoms with Gasteiger partial charge in [0.15, 0.2) is 5.82 Å². The summed E-state index contributed by atoms with van der Waals surface area (Å²) in [5.41, 5.74) is 11.2. The number of nitrogens with zero attached hydrogens (tertiary/aromatic N) is 1. The average Bonchev–Trinajstić information content (AvgIpc) is 2.86. The topological polar surface area (TPSA) is 131 Å². The zero-order valence-corrected chi connectivity index (χ0v) is 8.15. The fraction of sp³-hybridized carbons (Fsp3) is 0. The quantitative estimate of drug-likeness (QED) is 0.560. The second kappa shape index (κ2) is 3.54. The Morgan fingerprint density at radius 2 is 2.00 bits per heavy atom. The molecule has 0 aromatic carbocycles. The first kappa shape index (κ1) is 9.97. The number of primary amides is 2. The molecule has 0 bridgehead atoms. The van der Waals surface area contributed by atoms with Crippen LogP contribution in [0.4, 0.5) is 0 Å². The van der Waals surface area contributed by atoms with Crippen LogP contribution in [-0.4, -0.2) is 26.8 Å². The Bertz CT molecular complexity index is 540. The number of nitrogens with one attached hydrogen (secondary N) is 2. The third-order valence-corrected chi connectivity index (χ3v) is 2.05. The van der Waals surface area contributed by atoms with Gasteiger partial charge in [0.25, 0.3) is 11.8 Å². The highest BCUT2D eigenvalue weighted by atomic mass is 16.2. The fourth-order valence-corrected chi connectivity index (χ4v) is 1.35. The molecule has 0 fully saturated rings. The van der Waals surface area contributed by atoms with E-state index in [1.807, 2.05) is 0 Å². The van der Waals surface area contributed by atoms with Gasteiger partial charge in [-0.2, -0.15) is 0 Å². The first-order valence-electron chi connectivity index (χ1n) is 4.42. The van der Waals surface area contributed by atoms with Crippen molar-refractivity contribution in [3.63, 3.8) is 0 Å². The van der Waals surface area contributed by atoms with E-state index in [1.54, 1.807) is 18.5 Å². The molecule has 0 saturated heterocycles. The third-order valence-electron chi connectivity index (χ3n) is 2.05. The van der Waals surface area contributed by atoms with E-state index in [0.717, 1.165) is 0 Å². The lowest BCUT2D eigenvalue weighted by atomic mass is 10.2. The van der Waals surface area contributed by atoms with Crippen molar-refractivity contribution in [2.75, 3.05) is 0 Å². The van der Waals surface area contributed by atoms with Gasteiger partial charge in [-0.1, -0.05) is 0 Å². The highest BCUT2D eigenvalue weighted by Crippen LogP contribution is 2.20. The van der Waals surface area contributed by atoms with Crippen molar-refractivity contribution < 1.29 is 9.59 Å². The van der Waals surface area contributed by atoms with Crippen LogP contribution in [0, 0.1) is 0 Å². The van der Waals surface area contributed by atoms with Gasteiger partial charge in [-0.15, -0.1) is 0 Å². The SMILES string of the molecule is NC(=O)c1nc(-c2cc[nH]c2)c(C(N)=O)[nH]1. The standard InChI is InChI=1S/C9H9N5O2/c10-7(15)6-5(4-1-2-12-3-4)13-9(14-6)8(11)16/h1-3,12H,(H2,10,15)(H2,11,16)(H,13,14). The molecule has 0 saturated carbocycles. The molecule has 2 heterocycles. The number of carbonyl (C=O) groups excluding carboxylic acids is 2. The number of hydrogen-bond acceptors (Lipinski definition) is 3. The van der Waals surface area contributed by atoms with Gasteiger partial charge in [-0.3, -0.25) is 9.59 Å². The van der Waals surface area contributed by atoms with Crippen LogP contribution in [0.5, 0.6) is 0 Å². The Kier molecular flexibility index (Phi) is 2.20. The maximum Gasteiger partial charge on any atom is 0.284 e. The molecule has 7 nitrogen and oxygen atoms in total. The number of H-pyrrole nitrogens is 2. The van der Waals surface area contributed by atoms with Crippen molar-refractivity contribution in [1.82, 2.24) is 15.0 Å². The van der Waals surface area contributed by atoms with E-state index in [0.29, 0.717) is 11.3 Å². The molecular formula is C9H9N5O2. The van der Waals surface area contributed by atoms with Crippen LogP contribution < -0.4 is 11.5 Å². The number of imidazole rings is 1. The van der Waals surface area contributed by atoms with Gasteiger partial charge >= 0.3 is 0 Å². The third kappa shape index (κ3) is 1.54. The van der Waals surface area contributed by atoms with Crippen molar-refractivity contribution in [2.45, 2.75) is 0 Å². The van der Waals surface area contributed by atoms with Gasteiger partial charge in [0, 0.05) is 18.0 Å². The van der Waals surface area contributed by atoms with Crippen molar-refractivity contribution in [3.05, 3.63) is 30.0 Å². The Labute approximate surface area is 89.9 Å². The van der Waals surface area contributed by atoms with Crippen LogP contribution in [0.15, 0.2) is 18.5 Å². The predicted octanol–water partition coefficient (Wildman–Crippen LogP) is -0.397. The number of carbonyl (C=O) groups is 2. The van der Waals surface area contributed by atoms with Crippen LogP contribution >= 0.6 is 0 Å². The Morgan fingerprint density at radius 3 is 2.50 bits per heavy atom. The summed E-state index contributed by atoms with van der Waals surface area (Å²) in [5, 5.41) is 0. The molecular weight excluding hydrogens is 210 g/mol. The summed E-state index contributed by atoms with van der Waals surface area (Å²) < 4.78 is 0. The molecule has 2 aromatic heterocycles. The van der Waals surface area contributed by atoms with Crippen LogP contribution in [-0.2, 0) is 0 Å². The molecule has 0 unspecified atom stereocenters. The van der Waals surface area contributed by atoms with Crippen LogP contribution in [0.2, 0.25) is 0 Å². The van der Waals surface area contributed by atoms with Crippen LogP contribution in [0.25, 0.3) is 11.3 Å². The summed E-state index contributed by atoms with van der Waals surface area (Å²) in [6.45, 7) is 0. The number of amides is 2. The van der Waals surface area contributed by atoms with Gasteiger partial charge in [0.05, 0.1) is 0 Å².